The predicted octanol–water partition coefficient (Wildman–Crippen LogP) is 4.30. The van der Waals surface area contributed by atoms with Gasteiger partial charge in [-0.15, -0.1) is 0 Å². The molecule has 0 N–H and O–H groups in total. The number of hydrogen-bond acceptors (Lipinski definition) is 5. The molecule has 2 bridgehead atoms. The Balaban J connectivity index is 1.59. The van der Waals surface area contributed by atoms with Crippen molar-refractivity contribution in [2.45, 2.75) is 64.6 Å². The van der Waals surface area contributed by atoms with Crippen molar-refractivity contribution in [2.75, 3.05) is 20.3 Å². The Bertz CT molecular complexity index is 756. The fourth-order valence-corrected chi connectivity index (χ4v) is 7.67. The third kappa shape index (κ3) is 2.23. The lowest BCUT2D eigenvalue weighted by atomic mass is 9.41. The average Bonchev–Trinajstić information content (AvgIpc) is 3.18. The maximum Gasteiger partial charge on any atom is 0.317 e. The zero-order chi connectivity index (χ0) is 19.5. The van der Waals surface area contributed by atoms with Crippen LogP contribution in [0, 0.1) is 28.6 Å². The van der Waals surface area contributed by atoms with E-state index in [9.17, 15) is 4.79 Å². The van der Waals surface area contributed by atoms with Gasteiger partial charge in [0.05, 0.1) is 20.0 Å². The normalized spacial score (nSPS) is 44.2. The van der Waals surface area contributed by atoms with E-state index in [1.807, 2.05) is 13.2 Å². The Morgan fingerprint density at radius 3 is 2.96 bits per heavy atom. The fraction of sp³-hybridized carbons (Fsp3) is 0.783. The lowest BCUT2D eigenvalue weighted by molar-refractivity contribution is -0.320. The molecule has 7 atom stereocenters. The zero-order valence-corrected chi connectivity index (χ0v) is 17.2. The molecule has 0 amide bonds. The van der Waals surface area contributed by atoms with Crippen LogP contribution in [0.4, 0.5) is 0 Å². The van der Waals surface area contributed by atoms with Crippen molar-refractivity contribution in [1.82, 2.24) is 0 Å². The smallest absolute Gasteiger partial charge is 0.317 e. The fourth-order valence-electron chi connectivity index (χ4n) is 7.67. The molecule has 4 aliphatic rings. The SMILES string of the molecule is CCO[C@H]1OC[C@]23CCC[C@@]1(C(=O)OC)[C@@H]2CC[C@H]1[C@@H](C)c2ccoc2C[C@@H]13. The van der Waals surface area contributed by atoms with Crippen LogP contribution in [0.15, 0.2) is 16.7 Å². The largest absolute Gasteiger partial charge is 0.469 e. The van der Waals surface area contributed by atoms with Crippen molar-refractivity contribution >= 4 is 5.97 Å². The Morgan fingerprint density at radius 1 is 1.32 bits per heavy atom. The van der Waals surface area contributed by atoms with Gasteiger partial charge in [-0.25, -0.2) is 0 Å². The van der Waals surface area contributed by atoms with Crippen molar-refractivity contribution in [3.63, 3.8) is 0 Å². The molecule has 0 aromatic carbocycles. The van der Waals surface area contributed by atoms with Crippen molar-refractivity contribution < 1.29 is 23.4 Å². The summed E-state index contributed by atoms with van der Waals surface area (Å²) in [6, 6.07) is 2.15. The third-order valence-electron chi connectivity index (χ3n) is 8.72. The average molecular weight is 389 g/mol. The predicted molar refractivity (Wildman–Crippen MR) is 103 cm³/mol. The van der Waals surface area contributed by atoms with E-state index < -0.39 is 11.7 Å². The van der Waals surface area contributed by atoms with Crippen LogP contribution in [0.1, 0.15) is 63.2 Å². The van der Waals surface area contributed by atoms with Gasteiger partial charge in [0.25, 0.3) is 0 Å². The summed E-state index contributed by atoms with van der Waals surface area (Å²) in [5.41, 5.74) is 0.732. The van der Waals surface area contributed by atoms with E-state index in [0.29, 0.717) is 31.0 Å². The molecule has 2 heterocycles. The molecule has 28 heavy (non-hydrogen) atoms. The van der Waals surface area contributed by atoms with Crippen LogP contribution in [0.2, 0.25) is 0 Å². The van der Waals surface area contributed by atoms with Gasteiger partial charge < -0.3 is 18.6 Å². The molecule has 0 radical (unpaired) electrons. The summed E-state index contributed by atoms with van der Waals surface area (Å²) in [5, 5.41) is 0. The first-order valence-electron chi connectivity index (χ1n) is 11.0. The van der Waals surface area contributed by atoms with Crippen molar-refractivity contribution in [1.29, 1.82) is 0 Å². The number of rotatable bonds is 3. The van der Waals surface area contributed by atoms with Crippen LogP contribution >= 0.6 is 0 Å². The number of fused-ring (bicyclic) bond motifs is 2. The van der Waals surface area contributed by atoms with Crippen LogP contribution in [0.3, 0.4) is 0 Å². The molecule has 154 valence electrons. The van der Waals surface area contributed by atoms with E-state index in [1.54, 1.807) is 0 Å². The molecule has 2 saturated carbocycles. The Morgan fingerprint density at radius 2 is 2.18 bits per heavy atom. The molecule has 3 fully saturated rings. The molecule has 0 unspecified atom stereocenters. The molecule has 5 rings (SSSR count). The zero-order valence-electron chi connectivity index (χ0n) is 17.2. The van der Waals surface area contributed by atoms with Crippen LogP contribution in [0.5, 0.6) is 0 Å². The number of hydrogen-bond donors (Lipinski definition) is 0. The molecule has 3 aliphatic carbocycles. The van der Waals surface area contributed by atoms with Gasteiger partial charge in [-0.05, 0) is 67.9 Å². The highest BCUT2D eigenvalue weighted by atomic mass is 16.7. The van der Waals surface area contributed by atoms with Crippen molar-refractivity contribution in [3.8, 4) is 0 Å². The molecular formula is C23H32O5. The molecule has 1 saturated heterocycles. The topological polar surface area (TPSA) is 57.9 Å². The molecule has 0 spiro atoms. The minimum absolute atomic E-state index is 0.0156. The van der Waals surface area contributed by atoms with Gasteiger partial charge in [-0.3, -0.25) is 4.79 Å². The number of furan rings is 1. The maximum atomic E-state index is 13.2. The van der Waals surface area contributed by atoms with Gasteiger partial charge in [-0.2, -0.15) is 0 Å². The highest BCUT2D eigenvalue weighted by molar-refractivity contribution is 5.78. The minimum Gasteiger partial charge on any atom is -0.469 e. The lowest BCUT2D eigenvalue weighted by Crippen LogP contribution is -2.68. The number of carbonyl (C=O) groups excluding carboxylic acids is 1. The maximum absolute atomic E-state index is 13.2. The third-order valence-corrected chi connectivity index (χ3v) is 8.72. The van der Waals surface area contributed by atoms with Gasteiger partial charge in [-0.1, -0.05) is 13.3 Å². The summed E-state index contributed by atoms with van der Waals surface area (Å²) in [6.45, 7) is 5.55. The van der Waals surface area contributed by atoms with Gasteiger partial charge in [0.15, 0.2) is 6.29 Å². The molecule has 1 aromatic rings. The second kappa shape index (κ2) is 6.60. The molecule has 5 heteroatoms. The van der Waals surface area contributed by atoms with Crippen LogP contribution in [0.25, 0.3) is 0 Å². The van der Waals surface area contributed by atoms with E-state index in [0.717, 1.165) is 44.3 Å². The lowest BCUT2D eigenvalue weighted by Gasteiger charge is -2.66. The van der Waals surface area contributed by atoms with E-state index >= 15 is 0 Å². The standard InChI is InChI=1S/C23H32O5/c1-4-26-21-23(20(24)25-3)10-5-9-22(13-28-21)17-12-18-16(8-11-27-18)14(2)15(17)6-7-19(22)23/h8,11,14-15,17,19,21H,4-7,9-10,12-13H2,1-3H3/t14-,15+,17+,19-,21+,22+,23+/m1/s1. The number of ether oxygens (including phenoxy) is 3. The van der Waals surface area contributed by atoms with Gasteiger partial charge in [0.2, 0.25) is 0 Å². The number of esters is 1. The van der Waals surface area contributed by atoms with Gasteiger partial charge >= 0.3 is 5.97 Å². The molecule has 1 aromatic heterocycles. The van der Waals surface area contributed by atoms with Crippen LogP contribution < -0.4 is 0 Å². The first-order valence-corrected chi connectivity index (χ1v) is 11.0. The Hall–Kier alpha value is -1.33. The highest BCUT2D eigenvalue weighted by Gasteiger charge is 2.70. The first kappa shape index (κ1) is 18.7. The second-order valence-corrected chi connectivity index (χ2v) is 9.41. The Labute approximate surface area is 167 Å². The van der Waals surface area contributed by atoms with Crippen molar-refractivity contribution in [2.24, 2.45) is 28.6 Å². The monoisotopic (exact) mass is 388 g/mol. The van der Waals surface area contributed by atoms with E-state index in [2.05, 4.69) is 13.0 Å². The minimum atomic E-state index is -0.668. The summed E-state index contributed by atoms with van der Waals surface area (Å²) in [6.07, 6.45) is 7.49. The number of carbonyl (C=O) groups is 1. The first-order chi connectivity index (χ1) is 13.6. The Kier molecular flexibility index (Phi) is 4.40. The quantitative estimate of drug-likeness (QED) is 0.723. The van der Waals surface area contributed by atoms with E-state index in [-0.39, 0.29) is 17.3 Å². The van der Waals surface area contributed by atoms with E-state index in [1.165, 1.54) is 12.7 Å². The molecular weight excluding hydrogens is 356 g/mol. The number of methoxy groups -OCH3 is 1. The summed E-state index contributed by atoms with van der Waals surface area (Å²) in [5.74, 6) is 2.89. The summed E-state index contributed by atoms with van der Waals surface area (Å²) >= 11 is 0. The summed E-state index contributed by atoms with van der Waals surface area (Å²) in [4.78, 5) is 13.2. The van der Waals surface area contributed by atoms with E-state index in [4.69, 9.17) is 18.6 Å². The second-order valence-electron chi connectivity index (χ2n) is 9.41. The summed E-state index contributed by atoms with van der Waals surface area (Å²) in [7, 11) is 1.51. The highest BCUT2D eigenvalue weighted by Crippen LogP contribution is 2.68. The summed E-state index contributed by atoms with van der Waals surface area (Å²) < 4.78 is 23.6. The van der Waals surface area contributed by atoms with Crippen LogP contribution in [-0.4, -0.2) is 32.6 Å². The van der Waals surface area contributed by atoms with Gasteiger partial charge in [0, 0.05) is 18.4 Å². The van der Waals surface area contributed by atoms with Crippen molar-refractivity contribution in [3.05, 3.63) is 23.7 Å². The van der Waals surface area contributed by atoms with Gasteiger partial charge in [0.1, 0.15) is 11.2 Å². The molecule has 5 nitrogen and oxygen atoms in total. The molecule has 1 aliphatic heterocycles. The van der Waals surface area contributed by atoms with Crippen LogP contribution in [-0.2, 0) is 25.4 Å².